The number of hydrogen-bond donors (Lipinski definition) is 0. The number of halogens is 2. The first-order valence-corrected chi connectivity index (χ1v) is 31.8. The van der Waals surface area contributed by atoms with Gasteiger partial charge in [-0.15, -0.1) is 0 Å². The molecule has 0 amide bonds. The molecule has 0 saturated carbocycles. The Kier molecular flexibility index (Phi) is 10.4. The van der Waals surface area contributed by atoms with Crippen LogP contribution in [0, 0.1) is 55.4 Å². The number of allylic oxidation sites excluding steroid dienone is 2. The van der Waals surface area contributed by atoms with Crippen LogP contribution in [0.2, 0.25) is 12.1 Å². The molecule has 6 heteroatoms. The van der Waals surface area contributed by atoms with Gasteiger partial charge >= 0.3 is 339 Å². The zero-order valence-electron chi connectivity index (χ0n) is 32.5. The maximum absolute atomic E-state index is 7.36. The van der Waals surface area contributed by atoms with Crippen LogP contribution in [-0.4, -0.2) is 5.92 Å². The molecule has 2 aliphatic carbocycles. The van der Waals surface area contributed by atoms with Gasteiger partial charge in [-0.3, -0.25) is 0 Å². The fourth-order valence-corrected chi connectivity index (χ4v) is 24.4. The molecule has 273 valence electrons. The van der Waals surface area contributed by atoms with Crippen molar-refractivity contribution >= 4 is 46.2 Å². The van der Waals surface area contributed by atoms with Gasteiger partial charge < -0.3 is 0 Å². The second-order valence-corrected chi connectivity index (χ2v) is 39.3. The second-order valence-electron chi connectivity index (χ2n) is 15.9. The molecule has 0 saturated heterocycles. The van der Waals surface area contributed by atoms with Crippen molar-refractivity contribution < 1.29 is 27.4 Å². The van der Waals surface area contributed by atoms with E-state index in [1.807, 2.05) is 13.8 Å². The molecule has 0 spiro atoms. The zero-order valence-corrected chi connectivity index (χ0v) is 37.6. The van der Waals surface area contributed by atoms with Crippen LogP contribution in [-0.2, 0) is 18.5 Å². The van der Waals surface area contributed by atoms with Gasteiger partial charge in [0.05, 0.1) is 0 Å². The SMILES string of the molecule is Cc1cc(C)cc(-c2c(C)ccc3c2C=C(c2ccc(C)o2)C3C[SiH](CC2C(c3ccc(C)o3)=Cc3c2ccc(C)c3-c2cc(C)cc(C)c2)[Zr]([Cl])[Cl])c1. The summed E-state index contributed by atoms with van der Waals surface area (Å²) in [5.74, 6) is 2.37. The standard InChI is InChI=1S/C48H47O2Si.2ClH.Zr/c1-27-17-28(2)20-35(19-27)47-31(5)9-13-37-41(47)23-39(45-15-11-33(7)49-45)43(37)25-51-26-44-38-14-10-32(6)48(36-21-29(3)18-30(4)22-36)42(38)24-40(44)46-16-12-34(8)50-46;;;/h9-24,43-44,51H,25-26H2,1-8H3;2*1H;/q;;;+2/p-2. The van der Waals surface area contributed by atoms with Crippen LogP contribution >= 0.6 is 17.0 Å². The summed E-state index contributed by atoms with van der Waals surface area (Å²) < 4.78 is 12.8. The van der Waals surface area contributed by atoms with Crippen LogP contribution in [0.25, 0.3) is 45.6 Å². The number of furan rings is 2. The average Bonchev–Trinajstić information content (AvgIpc) is 3.89. The first-order valence-electron chi connectivity index (χ1n) is 19.0. The van der Waals surface area contributed by atoms with E-state index in [9.17, 15) is 0 Å². The van der Waals surface area contributed by atoms with E-state index >= 15 is 0 Å². The Balaban J connectivity index is 1.23. The van der Waals surface area contributed by atoms with Crippen molar-refractivity contribution in [3.05, 3.63) is 164 Å². The fourth-order valence-electron chi connectivity index (χ4n) is 9.28. The Morgan fingerprint density at radius 2 is 0.907 bits per heavy atom. The van der Waals surface area contributed by atoms with E-state index in [1.54, 1.807) is 0 Å². The Hall–Kier alpha value is -3.40. The van der Waals surface area contributed by atoms with Gasteiger partial charge in [0.15, 0.2) is 0 Å². The molecule has 0 bridgehead atoms. The van der Waals surface area contributed by atoms with Crippen LogP contribution < -0.4 is 0 Å². The van der Waals surface area contributed by atoms with E-state index in [2.05, 4.69) is 139 Å². The van der Waals surface area contributed by atoms with Crippen molar-refractivity contribution in [1.82, 2.24) is 0 Å². The molecule has 8 rings (SSSR count). The van der Waals surface area contributed by atoms with E-state index in [0.29, 0.717) is 0 Å². The second kappa shape index (κ2) is 14.9. The summed E-state index contributed by atoms with van der Waals surface area (Å²) in [7, 11) is 14.7. The van der Waals surface area contributed by atoms with E-state index in [1.165, 1.54) is 89.0 Å². The molecule has 0 aliphatic heterocycles. The topological polar surface area (TPSA) is 26.3 Å². The summed E-state index contributed by atoms with van der Waals surface area (Å²) in [5.41, 5.74) is 20.7. The molecule has 4 aromatic carbocycles. The Morgan fingerprint density at radius 3 is 1.24 bits per heavy atom. The molecule has 2 atom stereocenters. The van der Waals surface area contributed by atoms with Crippen LogP contribution in [0.5, 0.6) is 0 Å². The third-order valence-electron chi connectivity index (χ3n) is 11.5. The molecule has 0 radical (unpaired) electrons. The molecule has 54 heavy (non-hydrogen) atoms. The third-order valence-corrected chi connectivity index (χ3v) is 33.2. The first-order chi connectivity index (χ1) is 25.8. The van der Waals surface area contributed by atoms with Crippen molar-refractivity contribution in [1.29, 1.82) is 0 Å². The van der Waals surface area contributed by atoms with E-state index in [-0.39, 0.29) is 11.8 Å². The molecule has 2 aromatic heterocycles. The van der Waals surface area contributed by atoms with E-state index < -0.39 is 24.4 Å². The third kappa shape index (κ3) is 7.09. The molecular weight excluding hydrogens is 799 g/mol. The Labute approximate surface area is 336 Å². The number of rotatable bonds is 9. The van der Waals surface area contributed by atoms with Gasteiger partial charge in [-0.25, -0.2) is 0 Å². The summed E-state index contributed by atoms with van der Waals surface area (Å²) >= 11 is -2.76. The minimum atomic E-state index is -2.76. The average molecular weight is 846 g/mol. The van der Waals surface area contributed by atoms with Gasteiger partial charge in [0, 0.05) is 0 Å². The number of fused-ring (bicyclic) bond motifs is 2. The van der Waals surface area contributed by atoms with Crippen LogP contribution in [0.15, 0.2) is 93.8 Å². The number of benzene rings is 4. The molecule has 2 aliphatic rings. The molecule has 0 N–H and O–H groups in total. The molecular formula is C48H47Cl2O2SiZr. The van der Waals surface area contributed by atoms with Crippen molar-refractivity contribution in [3.8, 4) is 22.3 Å². The summed E-state index contributed by atoms with van der Waals surface area (Å²) in [6, 6.07) is 33.6. The predicted molar refractivity (Wildman–Crippen MR) is 229 cm³/mol. The van der Waals surface area contributed by atoms with Gasteiger partial charge in [0.25, 0.3) is 0 Å². The molecule has 2 nitrogen and oxygen atoms in total. The summed E-state index contributed by atoms with van der Waals surface area (Å²) in [5, 5.41) is 0. The van der Waals surface area contributed by atoms with Crippen molar-refractivity contribution in [2.24, 2.45) is 0 Å². The van der Waals surface area contributed by atoms with Gasteiger partial charge in [-0.2, -0.15) is 0 Å². The van der Waals surface area contributed by atoms with Gasteiger partial charge in [-0.05, 0) is 0 Å². The van der Waals surface area contributed by atoms with Crippen LogP contribution in [0.4, 0.5) is 0 Å². The normalized spacial score (nSPS) is 16.6. The fraction of sp³-hybridized carbons (Fsp3) is 0.250. The number of hydrogen-bond acceptors (Lipinski definition) is 2. The number of aryl methyl sites for hydroxylation is 8. The predicted octanol–water partition coefficient (Wildman–Crippen LogP) is 14.3. The minimum absolute atomic E-state index is 0.170. The van der Waals surface area contributed by atoms with Crippen molar-refractivity contribution in [3.63, 3.8) is 0 Å². The quantitative estimate of drug-likeness (QED) is 0.136. The Morgan fingerprint density at radius 1 is 0.519 bits per heavy atom. The van der Waals surface area contributed by atoms with Gasteiger partial charge in [0.2, 0.25) is 0 Å². The van der Waals surface area contributed by atoms with Gasteiger partial charge in [-0.1, -0.05) is 0 Å². The monoisotopic (exact) mass is 843 g/mol. The van der Waals surface area contributed by atoms with Crippen LogP contribution in [0.1, 0.15) is 90.5 Å². The Bertz CT molecular complexity index is 2290. The van der Waals surface area contributed by atoms with Gasteiger partial charge in [0.1, 0.15) is 0 Å². The van der Waals surface area contributed by atoms with Crippen molar-refractivity contribution in [2.75, 3.05) is 0 Å². The first kappa shape index (κ1) is 37.5. The molecule has 2 heterocycles. The molecule has 0 fully saturated rings. The zero-order chi connectivity index (χ0) is 38.0. The van der Waals surface area contributed by atoms with E-state index in [4.69, 9.17) is 25.9 Å². The molecule has 6 aromatic rings. The van der Waals surface area contributed by atoms with E-state index in [0.717, 1.165) is 35.1 Å². The summed E-state index contributed by atoms with van der Waals surface area (Å²) in [4.78, 5) is 0. The maximum atomic E-state index is 7.36. The molecule has 2 unspecified atom stereocenters. The van der Waals surface area contributed by atoms with Crippen LogP contribution in [0.3, 0.4) is 0 Å². The summed E-state index contributed by atoms with van der Waals surface area (Å²) in [6.45, 7) is 17.3. The summed E-state index contributed by atoms with van der Waals surface area (Å²) in [6.07, 6.45) is 4.83. The van der Waals surface area contributed by atoms with Crippen molar-refractivity contribution in [2.45, 2.75) is 79.3 Å².